The molecule has 1 aromatic rings. The fourth-order valence-corrected chi connectivity index (χ4v) is 3.92. The van der Waals surface area contributed by atoms with Gasteiger partial charge in [0.2, 0.25) is 11.8 Å². The summed E-state index contributed by atoms with van der Waals surface area (Å²) in [6.45, 7) is 4.92. The van der Waals surface area contributed by atoms with Crippen LogP contribution in [0.1, 0.15) is 31.7 Å². The molecule has 7 nitrogen and oxygen atoms in total. The van der Waals surface area contributed by atoms with Crippen molar-refractivity contribution in [1.29, 1.82) is 0 Å². The van der Waals surface area contributed by atoms with Crippen LogP contribution in [0.2, 0.25) is 0 Å². The molecule has 0 bridgehead atoms. The van der Waals surface area contributed by atoms with E-state index in [9.17, 15) is 14.7 Å². The zero-order valence-electron chi connectivity index (χ0n) is 15.8. The Kier molecular flexibility index (Phi) is 6.68. The van der Waals surface area contributed by atoms with Crippen molar-refractivity contribution in [3.8, 4) is 5.75 Å². The van der Waals surface area contributed by atoms with Gasteiger partial charge in [0.05, 0.1) is 6.04 Å². The van der Waals surface area contributed by atoms with Crippen LogP contribution in [0.25, 0.3) is 0 Å². The summed E-state index contributed by atoms with van der Waals surface area (Å²) in [6, 6.07) is 6.74. The first-order valence-corrected chi connectivity index (χ1v) is 9.74. The summed E-state index contributed by atoms with van der Waals surface area (Å²) in [6.07, 6.45) is 2.11. The zero-order chi connectivity index (χ0) is 19.2. The second-order valence-corrected chi connectivity index (χ2v) is 7.34. The number of nitrogens with one attached hydrogen (secondary N) is 2. The molecule has 0 spiro atoms. The van der Waals surface area contributed by atoms with E-state index in [0.717, 1.165) is 18.4 Å². The lowest BCUT2D eigenvalue weighted by Crippen LogP contribution is -2.42. The summed E-state index contributed by atoms with van der Waals surface area (Å²) in [4.78, 5) is 27.1. The largest absolute Gasteiger partial charge is 0.508 e. The Morgan fingerprint density at radius 3 is 2.74 bits per heavy atom. The maximum Gasteiger partial charge on any atom is 0.237 e. The van der Waals surface area contributed by atoms with Gasteiger partial charge in [0, 0.05) is 44.8 Å². The number of phenols is 1. The molecule has 3 rings (SSSR count). The molecule has 2 heterocycles. The van der Waals surface area contributed by atoms with E-state index in [4.69, 9.17) is 4.74 Å². The number of ether oxygens (including phenoxy) is 1. The van der Waals surface area contributed by atoms with Gasteiger partial charge in [0.15, 0.2) is 0 Å². The van der Waals surface area contributed by atoms with Crippen LogP contribution in [0.15, 0.2) is 24.3 Å². The topological polar surface area (TPSA) is 90.9 Å². The Hall–Kier alpha value is -2.12. The number of carbonyl (C=O) groups is 2. The zero-order valence-corrected chi connectivity index (χ0v) is 15.8. The van der Waals surface area contributed by atoms with Crippen molar-refractivity contribution in [3.63, 3.8) is 0 Å². The number of benzene rings is 1. The standard InChI is InChI=1S/C20H29N3O4/c1-2-21-20(26)18-11-16(22-19(25)15-6-8-27-9-7-15)13-23(18)12-14-4-3-5-17(24)10-14/h3-5,10,15-16,18,24H,2,6-9,11-13H2,1H3,(H,21,26)(H,22,25). The van der Waals surface area contributed by atoms with Gasteiger partial charge in [-0.15, -0.1) is 0 Å². The quantitative estimate of drug-likeness (QED) is 0.690. The van der Waals surface area contributed by atoms with E-state index >= 15 is 0 Å². The van der Waals surface area contributed by atoms with Crippen molar-refractivity contribution in [2.24, 2.45) is 5.92 Å². The summed E-state index contributed by atoms with van der Waals surface area (Å²) >= 11 is 0. The first-order valence-electron chi connectivity index (χ1n) is 9.74. The highest BCUT2D eigenvalue weighted by molar-refractivity contribution is 5.83. The molecule has 3 N–H and O–H groups in total. The number of phenolic OH excluding ortho intramolecular Hbond substituents is 1. The van der Waals surface area contributed by atoms with Gasteiger partial charge >= 0.3 is 0 Å². The summed E-state index contributed by atoms with van der Waals surface area (Å²) in [7, 11) is 0. The summed E-state index contributed by atoms with van der Waals surface area (Å²) in [5.74, 6) is 0.269. The number of likely N-dealkylation sites (tertiary alicyclic amines) is 1. The number of carbonyl (C=O) groups excluding carboxylic acids is 2. The molecule has 2 aliphatic heterocycles. The lowest BCUT2D eigenvalue weighted by molar-refractivity contribution is -0.128. The van der Waals surface area contributed by atoms with E-state index in [-0.39, 0.29) is 35.6 Å². The molecule has 7 heteroatoms. The van der Waals surface area contributed by atoms with E-state index in [2.05, 4.69) is 15.5 Å². The Bertz CT molecular complexity index is 660. The van der Waals surface area contributed by atoms with Crippen molar-refractivity contribution in [2.75, 3.05) is 26.3 Å². The fourth-order valence-electron chi connectivity index (χ4n) is 3.92. The van der Waals surface area contributed by atoms with E-state index in [1.165, 1.54) is 0 Å². The predicted molar refractivity (Wildman–Crippen MR) is 101 cm³/mol. The first-order chi connectivity index (χ1) is 13.1. The third-order valence-corrected chi connectivity index (χ3v) is 5.29. The number of nitrogens with zero attached hydrogens (tertiary/aromatic N) is 1. The van der Waals surface area contributed by atoms with Crippen LogP contribution < -0.4 is 10.6 Å². The number of hydrogen-bond donors (Lipinski definition) is 3. The third-order valence-electron chi connectivity index (χ3n) is 5.29. The van der Waals surface area contributed by atoms with Gasteiger partial charge in [0.1, 0.15) is 5.75 Å². The highest BCUT2D eigenvalue weighted by Crippen LogP contribution is 2.23. The van der Waals surface area contributed by atoms with E-state index in [1.54, 1.807) is 18.2 Å². The van der Waals surface area contributed by atoms with Gasteiger partial charge < -0.3 is 20.5 Å². The van der Waals surface area contributed by atoms with Crippen LogP contribution in [-0.4, -0.2) is 60.2 Å². The summed E-state index contributed by atoms with van der Waals surface area (Å²) in [5, 5.41) is 15.7. The molecule has 0 aromatic heterocycles. The highest BCUT2D eigenvalue weighted by atomic mass is 16.5. The maximum atomic E-state index is 12.5. The Labute approximate surface area is 160 Å². The van der Waals surface area contributed by atoms with Crippen LogP contribution in [0.3, 0.4) is 0 Å². The molecule has 1 aromatic carbocycles. The predicted octanol–water partition coefficient (Wildman–Crippen LogP) is 1.01. The van der Waals surface area contributed by atoms with Crippen molar-refractivity contribution in [2.45, 2.75) is 44.8 Å². The maximum absolute atomic E-state index is 12.5. The van der Waals surface area contributed by atoms with Gasteiger partial charge in [0.25, 0.3) is 0 Å². The number of rotatable bonds is 6. The SMILES string of the molecule is CCNC(=O)C1CC(NC(=O)C2CCOCC2)CN1Cc1cccc(O)c1. The summed E-state index contributed by atoms with van der Waals surface area (Å²) < 4.78 is 5.33. The van der Waals surface area contributed by atoms with Gasteiger partial charge in [-0.1, -0.05) is 12.1 Å². The van der Waals surface area contributed by atoms with Crippen LogP contribution in [-0.2, 0) is 20.9 Å². The number of likely N-dealkylation sites (N-methyl/N-ethyl adjacent to an activating group) is 1. The number of amides is 2. The lowest BCUT2D eigenvalue weighted by atomic mass is 9.99. The normalized spacial score (nSPS) is 23.9. The van der Waals surface area contributed by atoms with Gasteiger partial charge in [-0.05, 0) is 43.9 Å². The van der Waals surface area contributed by atoms with Crippen LogP contribution in [0.4, 0.5) is 0 Å². The molecular formula is C20H29N3O4. The van der Waals surface area contributed by atoms with Crippen LogP contribution in [0, 0.1) is 5.92 Å². The molecule has 0 saturated carbocycles. The van der Waals surface area contributed by atoms with Crippen molar-refractivity contribution in [1.82, 2.24) is 15.5 Å². The van der Waals surface area contributed by atoms with Gasteiger partial charge in [-0.2, -0.15) is 0 Å². The smallest absolute Gasteiger partial charge is 0.237 e. The van der Waals surface area contributed by atoms with E-state index in [1.807, 2.05) is 13.0 Å². The molecular weight excluding hydrogens is 346 g/mol. The minimum absolute atomic E-state index is 0.00166. The third kappa shape index (κ3) is 5.20. The summed E-state index contributed by atoms with van der Waals surface area (Å²) in [5.41, 5.74) is 0.945. The first kappa shape index (κ1) is 19.6. The van der Waals surface area contributed by atoms with Crippen molar-refractivity contribution >= 4 is 11.8 Å². The fraction of sp³-hybridized carbons (Fsp3) is 0.600. The van der Waals surface area contributed by atoms with Gasteiger partial charge in [-0.3, -0.25) is 14.5 Å². The minimum atomic E-state index is -0.285. The molecule has 2 amide bonds. The van der Waals surface area contributed by atoms with Crippen molar-refractivity contribution < 1.29 is 19.4 Å². The molecule has 148 valence electrons. The molecule has 2 aliphatic rings. The Morgan fingerprint density at radius 1 is 1.26 bits per heavy atom. The minimum Gasteiger partial charge on any atom is -0.508 e. The van der Waals surface area contributed by atoms with E-state index in [0.29, 0.717) is 39.3 Å². The number of aromatic hydroxyl groups is 1. The molecule has 0 radical (unpaired) electrons. The second-order valence-electron chi connectivity index (χ2n) is 7.34. The molecule has 2 fully saturated rings. The average Bonchev–Trinajstić information content (AvgIpc) is 3.05. The second kappa shape index (κ2) is 9.19. The lowest BCUT2D eigenvalue weighted by Gasteiger charge is -2.24. The molecule has 2 saturated heterocycles. The van der Waals surface area contributed by atoms with Crippen molar-refractivity contribution in [3.05, 3.63) is 29.8 Å². The van der Waals surface area contributed by atoms with Crippen LogP contribution >= 0.6 is 0 Å². The Morgan fingerprint density at radius 2 is 2.04 bits per heavy atom. The molecule has 2 atom stereocenters. The molecule has 2 unspecified atom stereocenters. The molecule has 27 heavy (non-hydrogen) atoms. The average molecular weight is 375 g/mol. The Balaban J connectivity index is 1.65. The van der Waals surface area contributed by atoms with Gasteiger partial charge in [-0.25, -0.2) is 0 Å². The van der Waals surface area contributed by atoms with E-state index < -0.39 is 0 Å². The molecule has 0 aliphatic carbocycles. The highest BCUT2D eigenvalue weighted by Gasteiger charge is 2.38. The number of hydrogen-bond acceptors (Lipinski definition) is 5. The van der Waals surface area contributed by atoms with Crippen LogP contribution in [0.5, 0.6) is 5.75 Å². The monoisotopic (exact) mass is 375 g/mol.